The van der Waals surface area contributed by atoms with E-state index in [1.807, 2.05) is 62.4 Å². The average Bonchev–Trinajstić information content (AvgIpc) is 2.62. The van der Waals surface area contributed by atoms with Crippen molar-refractivity contribution in [2.24, 2.45) is 10.7 Å². The third-order valence-electron chi connectivity index (χ3n) is 3.43. The van der Waals surface area contributed by atoms with Crippen molar-refractivity contribution in [1.82, 2.24) is 0 Å². The highest BCUT2D eigenvalue weighted by Crippen LogP contribution is 2.16. The second-order valence-corrected chi connectivity index (χ2v) is 5.97. The number of hydrogen-bond acceptors (Lipinski definition) is 3. The van der Waals surface area contributed by atoms with E-state index in [0.717, 1.165) is 29.2 Å². The van der Waals surface area contributed by atoms with E-state index in [0.29, 0.717) is 12.5 Å². The Labute approximate surface area is 178 Å². The predicted octanol–water partition coefficient (Wildman–Crippen LogP) is 4.07. The lowest BCUT2D eigenvalue weighted by Gasteiger charge is -2.11. The molecule has 0 bridgehead atoms. The molecule has 5 nitrogen and oxygen atoms in total. The molecule has 0 amide bonds. The smallest absolute Gasteiger partial charge is 0.193 e. The van der Waals surface area contributed by atoms with Gasteiger partial charge in [0.05, 0.1) is 6.10 Å². The maximum absolute atomic E-state index is 5.94. The Hall–Kier alpha value is -2.40. The number of nitrogens with one attached hydrogen (secondary N) is 1. The number of terminal acetylenes is 1. The Morgan fingerprint density at radius 1 is 1.11 bits per heavy atom. The van der Waals surface area contributed by atoms with Crippen molar-refractivity contribution in [3.05, 3.63) is 54.1 Å². The summed E-state index contributed by atoms with van der Waals surface area (Å²) in [7, 11) is 0. The van der Waals surface area contributed by atoms with Crippen LogP contribution >= 0.6 is 24.0 Å². The molecule has 0 saturated carbocycles. The zero-order valence-electron chi connectivity index (χ0n) is 15.6. The molecular formula is C21H26IN3O2. The molecule has 144 valence electrons. The molecule has 0 saturated heterocycles. The molecule has 0 radical (unpaired) electrons. The van der Waals surface area contributed by atoms with Crippen molar-refractivity contribution in [2.45, 2.75) is 26.4 Å². The summed E-state index contributed by atoms with van der Waals surface area (Å²) in [6.07, 6.45) is 6.11. The molecule has 0 aliphatic carbocycles. The summed E-state index contributed by atoms with van der Waals surface area (Å²) in [5.74, 6) is 4.42. The molecule has 27 heavy (non-hydrogen) atoms. The van der Waals surface area contributed by atoms with Crippen LogP contribution in [-0.2, 0) is 6.42 Å². The molecule has 0 atom stereocenters. The number of nitrogens with two attached hydrogens (primary N) is 1. The third-order valence-corrected chi connectivity index (χ3v) is 3.43. The van der Waals surface area contributed by atoms with E-state index in [2.05, 4.69) is 16.2 Å². The van der Waals surface area contributed by atoms with Gasteiger partial charge in [-0.3, -0.25) is 4.99 Å². The molecule has 2 aromatic rings. The molecule has 2 aromatic carbocycles. The van der Waals surface area contributed by atoms with Crippen LogP contribution in [0.25, 0.3) is 0 Å². The summed E-state index contributed by atoms with van der Waals surface area (Å²) < 4.78 is 11.0. The van der Waals surface area contributed by atoms with Crippen LogP contribution < -0.4 is 20.5 Å². The number of hydrogen-bond donors (Lipinski definition) is 2. The summed E-state index contributed by atoms with van der Waals surface area (Å²) in [5, 5.41) is 3.07. The Bertz CT molecular complexity index is 750. The van der Waals surface area contributed by atoms with Crippen molar-refractivity contribution in [2.75, 3.05) is 18.5 Å². The lowest BCUT2D eigenvalue weighted by molar-refractivity contribution is 0.242. The standard InChI is InChI=1S/C21H25N3O2.HI/c1-4-15-25-19-9-5-17(6-10-19)13-14-23-21(22)24-18-7-11-20(12-8-18)26-16(2)3;/h1,5-12,16H,13-15H2,2-3H3,(H3,22,23,24);1H. The minimum atomic E-state index is 0. The minimum Gasteiger partial charge on any atom is -0.491 e. The Morgan fingerprint density at radius 2 is 1.74 bits per heavy atom. The SMILES string of the molecule is C#CCOc1ccc(CCN=C(N)Nc2ccc(OC(C)C)cc2)cc1.I. The number of nitrogens with zero attached hydrogens (tertiary/aromatic N) is 1. The van der Waals surface area contributed by atoms with Gasteiger partial charge in [-0.15, -0.1) is 30.4 Å². The molecular weight excluding hydrogens is 453 g/mol. The van der Waals surface area contributed by atoms with Crippen LogP contribution in [-0.4, -0.2) is 25.2 Å². The van der Waals surface area contributed by atoms with Crippen molar-refractivity contribution >= 4 is 35.6 Å². The maximum atomic E-state index is 5.94. The monoisotopic (exact) mass is 479 g/mol. The zero-order valence-corrected chi connectivity index (χ0v) is 18.0. The highest BCUT2D eigenvalue weighted by Gasteiger charge is 2.00. The lowest BCUT2D eigenvalue weighted by atomic mass is 10.1. The van der Waals surface area contributed by atoms with Gasteiger partial charge >= 0.3 is 0 Å². The van der Waals surface area contributed by atoms with Gasteiger partial charge in [-0.1, -0.05) is 18.1 Å². The van der Waals surface area contributed by atoms with Crippen molar-refractivity contribution in [3.8, 4) is 23.8 Å². The van der Waals surface area contributed by atoms with Crippen molar-refractivity contribution < 1.29 is 9.47 Å². The van der Waals surface area contributed by atoms with Gasteiger partial charge in [-0.25, -0.2) is 0 Å². The zero-order chi connectivity index (χ0) is 18.8. The number of aliphatic imine (C=N–C) groups is 1. The molecule has 0 heterocycles. The van der Waals surface area contributed by atoms with Crippen LogP contribution in [0.15, 0.2) is 53.5 Å². The Morgan fingerprint density at radius 3 is 2.33 bits per heavy atom. The first-order chi connectivity index (χ1) is 12.6. The quantitative estimate of drug-likeness (QED) is 0.259. The van der Waals surface area contributed by atoms with E-state index >= 15 is 0 Å². The van der Waals surface area contributed by atoms with Crippen LogP contribution in [0.3, 0.4) is 0 Å². The van der Waals surface area contributed by atoms with Crippen molar-refractivity contribution in [1.29, 1.82) is 0 Å². The van der Waals surface area contributed by atoms with E-state index in [-0.39, 0.29) is 36.7 Å². The van der Waals surface area contributed by atoms with E-state index in [9.17, 15) is 0 Å². The van der Waals surface area contributed by atoms with Gasteiger partial charge in [-0.05, 0) is 62.2 Å². The summed E-state index contributed by atoms with van der Waals surface area (Å²) in [6, 6.07) is 15.4. The minimum absolute atomic E-state index is 0. The summed E-state index contributed by atoms with van der Waals surface area (Å²) in [5.41, 5.74) is 7.97. The van der Waals surface area contributed by atoms with E-state index in [1.54, 1.807) is 0 Å². The maximum Gasteiger partial charge on any atom is 0.193 e. The van der Waals surface area contributed by atoms with Gasteiger partial charge in [0.15, 0.2) is 5.96 Å². The number of benzene rings is 2. The molecule has 0 aliphatic rings. The number of rotatable bonds is 8. The molecule has 0 aromatic heterocycles. The van der Waals surface area contributed by atoms with Crippen LogP contribution in [0, 0.1) is 12.3 Å². The number of halogens is 1. The Kier molecular flexibility index (Phi) is 10.1. The fourth-order valence-corrected chi connectivity index (χ4v) is 2.26. The highest BCUT2D eigenvalue weighted by molar-refractivity contribution is 14.0. The summed E-state index contributed by atoms with van der Waals surface area (Å²) in [4.78, 5) is 4.35. The second-order valence-electron chi connectivity index (χ2n) is 5.97. The largest absolute Gasteiger partial charge is 0.491 e. The van der Waals surface area contributed by atoms with Gasteiger partial charge < -0.3 is 20.5 Å². The number of anilines is 1. The molecule has 0 spiro atoms. The first-order valence-corrected chi connectivity index (χ1v) is 8.55. The van der Waals surface area contributed by atoms with Crippen LogP contribution in [0.1, 0.15) is 19.4 Å². The van der Waals surface area contributed by atoms with Gasteiger partial charge in [0, 0.05) is 12.2 Å². The first-order valence-electron chi connectivity index (χ1n) is 8.55. The normalized spacial score (nSPS) is 10.7. The number of guanidine groups is 1. The molecule has 0 unspecified atom stereocenters. The molecule has 0 aliphatic heterocycles. The van der Waals surface area contributed by atoms with Gasteiger partial charge in [0.2, 0.25) is 0 Å². The predicted molar refractivity (Wildman–Crippen MR) is 122 cm³/mol. The topological polar surface area (TPSA) is 68.9 Å². The van der Waals surface area contributed by atoms with Crippen LogP contribution in [0.2, 0.25) is 0 Å². The molecule has 6 heteroatoms. The lowest BCUT2D eigenvalue weighted by Crippen LogP contribution is -2.23. The first kappa shape index (κ1) is 22.6. The molecule has 0 fully saturated rings. The van der Waals surface area contributed by atoms with Gasteiger partial charge in [0.1, 0.15) is 18.1 Å². The highest BCUT2D eigenvalue weighted by atomic mass is 127. The summed E-state index contributed by atoms with van der Waals surface area (Å²) >= 11 is 0. The van der Waals surface area contributed by atoms with Gasteiger partial charge in [0.25, 0.3) is 0 Å². The Balaban J connectivity index is 0.00000364. The number of ether oxygens (including phenoxy) is 2. The third kappa shape index (κ3) is 8.69. The average molecular weight is 479 g/mol. The fraction of sp³-hybridized carbons (Fsp3) is 0.286. The molecule has 3 N–H and O–H groups in total. The van der Waals surface area contributed by atoms with E-state index < -0.39 is 0 Å². The second kappa shape index (κ2) is 12.1. The molecule has 2 rings (SSSR count). The summed E-state index contributed by atoms with van der Waals surface area (Å²) in [6.45, 7) is 4.86. The van der Waals surface area contributed by atoms with Gasteiger partial charge in [-0.2, -0.15) is 0 Å². The van der Waals surface area contributed by atoms with Crippen molar-refractivity contribution in [3.63, 3.8) is 0 Å². The van der Waals surface area contributed by atoms with Crippen LogP contribution in [0.5, 0.6) is 11.5 Å². The van der Waals surface area contributed by atoms with Crippen LogP contribution in [0.4, 0.5) is 5.69 Å². The van der Waals surface area contributed by atoms with E-state index in [4.69, 9.17) is 21.6 Å². The fourth-order valence-electron chi connectivity index (χ4n) is 2.26. The van der Waals surface area contributed by atoms with E-state index in [1.165, 1.54) is 0 Å².